The van der Waals surface area contributed by atoms with Gasteiger partial charge in [-0.1, -0.05) is 36.4 Å². The number of aromatic hydroxyl groups is 1. The first kappa shape index (κ1) is 16.8. The second-order valence-electron chi connectivity index (χ2n) is 6.36. The lowest BCUT2D eigenvalue weighted by Crippen LogP contribution is -2.28. The number of hydrogen-bond donors (Lipinski definition) is 1. The standard InChI is InChI=1S/C21H20O4/c1-21(2)12-11-15-18(24-3)13-17(23)19(20(15)25-21)16(22)10-9-14-7-5-4-6-8-14/h4-13,23H,1-3H3. The summed E-state index contributed by atoms with van der Waals surface area (Å²) in [6.45, 7) is 3.77. The molecule has 1 aliphatic heterocycles. The second-order valence-corrected chi connectivity index (χ2v) is 6.36. The number of benzene rings is 2. The Morgan fingerprint density at radius 1 is 1.24 bits per heavy atom. The number of ketones is 1. The third-order valence-electron chi connectivity index (χ3n) is 3.97. The van der Waals surface area contributed by atoms with Crippen molar-refractivity contribution in [3.63, 3.8) is 0 Å². The largest absolute Gasteiger partial charge is 0.507 e. The molecule has 1 N–H and O–H groups in total. The molecule has 1 aliphatic rings. The van der Waals surface area contributed by atoms with Crippen molar-refractivity contribution in [3.05, 3.63) is 65.2 Å². The number of ether oxygens (including phenoxy) is 2. The lowest BCUT2D eigenvalue weighted by atomic mass is 9.96. The first-order valence-electron chi connectivity index (χ1n) is 8.01. The average Bonchev–Trinajstić information content (AvgIpc) is 2.59. The number of carbonyl (C=O) groups is 1. The van der Waals surface area contributed by atoms with Crippen LogP contribution in [0.3, 0.4) is 0 Å². The first-order chi connectivity index (χ1) is 11.9. The number of allylic oxidation sites excluding steroid dienone is 1. The zero-order valence-corrected chi connectivity index (χ0v) is 14.4. The third-order valence-corrected chi connectivity index (χ3v) is 3.97. The highest BCUT2D eigenvalue weighted by molar-refractivity contribution is 6.11. The van der Waals surface area contributed by atoms with E-state index in [4.69, 9.17) is 9.47 Å². The SMILES string of the molecule is COc1cc(O)c(C(=O)C=Cc2ccccc2)c2c1C=CC(C)(C)O2. The Labute approximate surface area is 147 Å². The van der Waals surface area contributed by atoms with E-state index in [-0.39, 0.29) is 17.1 Å². The zero-order valence-electron chi connectivity index (χ0n) is 14.4. The fourth-order valence-electron chi connectivity index (χ4n) is 2.71. The van der Waals surface area contributed by atoms with Crippen molar-refractivity contribution >= 4 is 17.9 Å². The molecule has 128 valence electrons. The summed E-state index contributed by atoms with van der Waals surface area (Å²) >= 11 is 0. The van der Waals surface area contributed by atoms with Gasteiger partial charge in [0.1, 0.15) is 28.4 Å². The molecule has 0 fully saturated rings. The highest BCUT2D eigenvalue weighted by Crippen LogP contribution is 2.44. The maximum atomic E-state index is 12.7. The minimum atomic E-state index is -0.579. The maximum absolute atomic E-state index is 12.7. The maximum Gasteiger partial charge on any atom is 0.193 e. The Hall–Kier alpha value is -3.01. The van der Waals surface area contributed by atoms with Crippen LogP contribution in [-0.4, -0.2) is 23.6 Å². The van der Waals surface area contributed by atoms with Gasteiger partial charge >= 0.3 is 0 Å². The molecule has 0 saturated heterocycles. The number of rotatable bonds is 4. The van der Waals surface area contributed by atoms with Gasteiger partial charge in [0, 0.05) is 6.07 Å². The predicted octanol–water partition coefficient (Wildman–Crippen LogP) is 4.48. The van der Waals surface area contributed by atoms with Gasteiger partial charge in [-0.15, -0.1) is 0 Å². The van der Waals surface area contributed by atoms with Crippen LogP contribution in [0.4, 0.5) is 0 Å². The van der Waals surface area contributed by atoms with E-state index in [0.717, 1.165) is 5.56 Å². The molecule has 2 aromatic rings. The summed E-state index contributed by atoms with van der Waals surface area (Å²) < 4.78 is 11.3. The number of carbonyl (C=O) groups excluding carboxylic acids is 1. The van der Waals surface area contributed by atoms with E-state index in [9.17, 15) is 9.90 Å². The Balaban J connectivity index is 2.06. The number of hydrogen-bond acceptors (Lipinski definition) is 4. The van der Waals surface area contributed by atoms with Gasteiger partial charge in [-0.05, 0) is 37.6 Å². The van der Waals surface area contributed by atoms with E-state index in [2.05, 4.69) is 0 Å². The zero-order chi connectivity index (χ0) is 18.0. The Morgan fingerprint density at radius 2 is 1.96 bits per heavy atom. The van der Waals surface area contributed by atoms with Crippen molar-refractivity contribution in [1.29, 1.82) is 0 Å². The van der Waals surface area contributed by atoms with Gasteiger partial charge in [0.05, 0.1) is 12.7 Å². The number of fused-ring (bicyclic) bond motifs is 1. The van der Waals surface area contributed by atoms with Crippen LogP contribution in [0.25, 0.3) is 12.2 Å². The van der Waals surface area contributed by atoms with E-state index in [1.165, 1.54) is 19.3 Å². The molecule has 0 radical (unpaired) electrons. The van der Waals surface area contributed by atoms with E-state index in [1.54, 1.807) is 6.08 Å². The fraction of sp³-hybridized carbons (Fsp3) is 0.190. The molecule has 0 bridgehead atoms. The molecule has 0 spiro atoms. The van der Waals surface area contributed by atoms with E-state index < -0.39 is 5.60 Å². The summed E-state index contributed by atoms with van der Waals surface area (Å²) in [6.07, 6.45) is 6.89. The molecule has 1 heterocycles. The Morgan fingerprint density at radius 3 is 2.64 bits per heavy atom. The highest BCUT2D eigenvalue weighted by Gasteiger charge is 2.30. The predicted molar refractivity (Wildman–Crippen MR) is 98.2 cm³/mol. The van der Waals surface area contributed by atoms with Gasteiger partial charge < -0.3 is 14.6 Å². The minimum Gasteiger partial charge on any atom is -0.507 e. The summed E-state index contributed by atoms with van der Waals surface area (Å²) in [5.41, 5.74) is 1.11. The average molecular weight is 336 g/mol. The molecule has 0 amide bonds. The van der Waals surface area contributed by atoms with Gasteiger partial charge in [-0.3, -0.25) is 4.79 Å². The van der Waals surface area contributed by atoms with Crippen LogP contribution in [0.15, 0.2) is 48.6 Å². The minimum absolute atomic E-state index is 0.139. The topological polar surface area (TPSA) is 55.8 Å². The summed E-state index contributed by atoms with van der Waals surface area (Å²) in [7, 11) is 1.51. The lowest BCUT2D eigenvalue weighted by molar-refractivity contribution is 0.103. The summed E-state index contributed by atoms with van der Waals surface area (Å²) in [4.78, 5) is 12.7. The molecular formula is C21H20O4. The van der Waals surface area contributed by atoms with Crippen LogP contribution in [-0.2, 0) is 0 Å². The van der Waals surface area contributed by atoms with Crippen LogP contribution >= 0.6 is 0 Å². The Bertz CT molecular complexity index is 861. The molecule has 4 heteroatoms. The normalized spacial score (nSPS) is 14.8. The molecule has 0 aromatic heterocycles. The smallest absolute Gasteiger partial charge is 0.193 e. The molecule has 0 unspecified atom stereocenters. The van der Waals surface area contributed by atoms with Crippen LogP contribution in [0.5, 0.6) is 17.2 Å². The van der Waals surface area contributed by atoms with Crippen LogP contribution < -0.4 is 9.47 Å². The van der Waals surface area contributed by atoms with Crippen LogP contribution in [0, 0.1) is 0 Å². The van der Waals surface area contributed by atoms with Crippen molar-refractivity contribution in [1.82, 2.24) is 0 Å². The van der Waals surface area contributed by atoms with Crippen molar-refractivity contribution < 1.29 is 19.4 Å². The van der Waals surface area contributed by atoms with Gasteiger partial charge in [0.15, 0.2) is 5.78 Å². The molecule has 0 atom stereocenters. The van der Waals surface area contributed by atoms with Gasteiger partial charge in [0.2, 0.25) is 0 Å². The summed E-state index contributed by atoms with van der Waals surface area (Å²) in [6, 6.07) is 10.9. The van der Waals surface area contributed by atoms with Gasteiger partial charge in [-0.25, -0.2) is 0 Å². The van der Waals surface area contributed by atoms with E-state index in [1.807, 2.05) is 56.3 Å². The third kappa shape index (κ3) is 3.43. The lowest BCUT2D eigenvalue weighted by Gasteiger charge is -2.30. The van der Waals surface area contributed by atoms with Crippen LogP contribution in [0.1, 0.15) is 35.3 Å². The quantitative estimate of drug-likeness (QED) is 0.660. The molecule has 4 nitrogen and oxygen atoms in total. The molecule has 25 heavy (non-hydrogen) atoms. The van der Waals surface area contributed by atoms with Crippen molar-refractivity contribution in [2.45, 2.75) is 19.4 Å². The molecule has 2 aromatic carbocycles. The van der Waals surface area contributed by atoms with Gasteiger partial charge in [-0.2, -0.15) is 0 Å². The fourth-order valence-corrected chi connectivity index (χ4v) is 2.71. The molecule has 0 saturated carbocycles. The monoisotopic (exact) mass is 336 g/mol. The summed E-state index contributed by atoms with van der Waals surface area (Å²) in [5.74, 6) is 0.311. The molecule has 0 aliphatic carbocycles. The van der Waals surface area contributed by atoms with Crippen molar-refractivity contribution in [3.8, 4) is 17.2 Å². The van der Waals surface area contributed by atoms with E-state index in [0.29, 0.717) is 17.1 Å². The number of phenolic OH excluding ortho intramolecular Hbond substituents is 1. The first-order valence-corrected chi connectivity index (χ1v) is 8.01. The van der Waals surface area contributed by atoms with Gasteiger partial charge in [0.25, 0.3) is 0 Å². The Kier molecular flexibility index (Phi) is 4.36. The van der Waals surface area contributed by atoms with Crippen molar-refractivity contribution in [2.24, 2.45) is 0 Å². The number of methoxy groups -OCH3 is 1. The number of phenols is 1. The highest BCUT2D eigenvalue weighted by atomic mass is 16.5. The van der Waals surface area contributed by atoms with Crippen LogP contribution in [0.2, 0.25) is 0 Å². The molecule has 3 rings (SSSR count). The second kappa shape index (κ2) is 6.48. The van der Waals surface area contributed by atoms with Crippen molar-refractivity contribution in [2.75, 3.05) is 7.11 Å². The van der Waals surface area contributed by atoms with E-state index >= 15 is 0 Å². The molecular weight excluding hydrogens is 316 g/mol. The summed E-state index contributed by atoms with van der Waals surface area (Å²) in [5, 5.41) is 10.4.